The minimum absolute atomic E-state index is 0.729. The van der Waals surface area contributed by atoms with Crippen LogP contribution in [0.15, 0.2) is 53.7 Å². The molecular formula is C16H15N3S. The number of hydrogen-bond donors (Lipinski definition) is 1. The summed E-state index contributed by atoms with van der Waals surface area (Å²) in [5.74, 6) is 0.838. The van der Waals surface area contributed by atoms with Crippen molar-refractivity contribution in [1.82, 2.24) is 9.97 Å². The molecule has 0 radical (unpaired) electrons. The average molecular weight is 281 g/mol. The highest BCUT2D eigenvalue weighted by atomic mass is 32.2. The van der Waals surface area contributed by atoms with Crippen molar-refractivity contribution < 1.29 is 0 Å². The molecule has 3 rings (SSSR count). The van der Waals surface area contributed by atoms with Crippen LogP contribution in [0.5, 0.6) is 0 Å². The Labute approximate surface area is 122 Å². The predicted octanol–water partition coefficient (Wildman–Crippen LogP) is 3.81. The van der Waals surface area contributed by atoms with Gasteiger partial charge in [-0.2, -0.15) is 0 Å². The highest BCUT2D eigenvalue weighted by molar-refractivity contribution is 7.98. The minimum atomic E-state index is 0.729. The highest BCUT2D eigenvalue weighted by Crippen LogP contribution is 2.28. The molecule has 0 saturated carbocycles. The van der Waals surface area contributed by atoms with Gasteiger partial charge in [-0.15, -0.1) is 0 Å². The van der Waals surface area contributed by atoms with Gasteiger partial charge in [-0.1, -0.05) is 30.0 Å². The summed E-state index contributed by atoms with van der Waals surface area (Å²) in [4.78, 5) is 8.88. The van der Waals surface area contributed by atoms with E-state index in [9.17, 15) is 0 Å². The van der Waals surface area contributed by atoms with Gasteiger partial charge in [0.15, 0.2) is 0 Å². The molecular weight excluding hydrogens is 266 g/mol. The van der Waals surface area contributed by atoms with Crippen LogP contribution >= 0.6 is 11.8 Å². The number of aryl methyl sites for hydroxylation is 1. The standard InChI is InChI=1S/C16H15N3S/c1-11-9-12(13-5-2-3-7-15(13)19-11)10-20-16-14(17)6-4-8-18-16/h2-9H,10,17H2,1H3. The van der Waals surface area contributed by atoms with Gasteiger partial charge in [-0.25, -0.2) is 4.98 Å². The van der Waals surface area contributed by atoms with E-state index in [1.165, 1.54) is 10.9 Å². The fourth-order valence-electron chi connectivity index (χ4n) is 2.18. The van der Waals surface area contributed by atoms with Gasteiger partial charge in [-0.05, 0) is 36.8 Å². The molecule has 0 aliphatic carbocycles. The third-order valence-electron chi connectivity index (χ3n) is 3.09. The SMILES string of the molecule is Cc1cc(CSc2ncccc2N)c2ccccc2n1. The Morgan fingerprint density at radius 1 is 1.15 bits per heavy atom. The number of aromatic nitrogens is 2. The van der Waals surface area contributed by atoms with Crippen LogP contribution in [0, 0.1) is 6.92 Å². The smallest absolute Gasteiger partial charge is 0.119 e. The fraction of sp³-hybridized carbons (Fsp3) is 0.125. The quantitative estimate of drug-likeness (QED) is 0.742. The van der Waals surface area contributed by atoms with Crippen LogP contribution in [0.4, 0.5) is 5.69 Å². The minimum Gasteiger partial charge on any atom is -0.397 e. The van der Waals surface area contributed by atoms with Gasteiger partial charge < -0.3 is 5.73 Å². The second-order valence-corrected chi connectivity index (χ2v) is 5.59. The van der Waals surface area contributed by atoms with Gasteiger partial charge in [0.05, 0.1) is 11.2 Å². The highest BCUT2D eigenvalue weighted by Gasteiger charge is 2.06. The molecule has 0 bridgehead atoms. The number of rotatable bonds is 3. The number of pyridine rings is 2. The van der Waals surface area contributed by atoms with E-state index in [4.69, 9.17) is 5.73 Å². The summed E-state index contributed by atoms with van der Waals surface area (Å²) < 4.78 is 0. The lowest BCUT2D eigenvalue weighted by Gasteiger charge is -2.08. The van der Waals surface area contributed by atoms with Crippen molar-refractivity contribution in [3.05, 3.63) is 59.9 Å². The number of nitrogen functional groups attached to an aromatic ring is 1. The van der Waals surface area contributed by atoms with E-state index in [0.29, 0.717) is 0 Å². The van der Waals surface area contributed by atoms with Gasteiger partial charge in [0.1, 0.15) is 5.03 Å². The van der Waals surface area contributed by atoms with Crippen molar-refractivity contribution in [2.24, 2.45) is 0 Å². The predicted molar refractivity (Wildman–Crippen MR) is 84.7 cm³/mol. The number of anilines is 1. The molecule has 0 saturated heterocycles. The van der Waals surface area contributed by atoms with Gasteiger partial charge in [-0.3, -0.25) is 4.98 Å². The van der Waals surface area contributed by atoms with E-state index < -0.39 is 0 Å². The van der Waals surface area contributed by atoms with Gasteiger partial charge in [0.2, 0.25) is 0 Å². The molecule has 100 valence electrons. The summed E-state index contributed by atoms with van der Waals surface area (Å²) in [5.41, 5.74) is 10.0. The summed E-state index contributed by atoms with van der Waals surface area (Å²) in [6, 6.07) is 14.1. The maximum absolute atomic E-state index is 5.93. The third-order valence-corrected chi connectivity index (χ3v) is 4.16. The molecule has 0 aliphatic heterocycles. The Balaban J connectivity index is 1.93. The summed E-state index contributed by atoms with van der Waals surface area (Å²) >= 11 is 1.66. The first-order valence-corrected chi connectivity index (χ1v) is 7.41. The van der Waals surface area contributed by atoms with E-state index in [-0.39, 0.29) is 0 Å². The second-order valence-electron chi connectivity index (χ2n) is 4.63. The van der Waals surface area contributed by atoms with Crippen LogP contribution in [0.3, 0.4) is 0 Å². The van der Waals surface area contributed by atoms with Crippen LogP contribution < -0.4 is 5.73 Å². The van der Waals surface area contributed by atoms with Crippen molar-refractivity contribution in [2.45, 2.75) is 17.7 Å². The molecule has 0 atom stereocenters. The first-order valence-electron chi connectivity index (χ1n) is 6.42. The molecule has 0 amide bonds. The Morgan fingerprint density at radius 3 is 2.85 bits per heavy atom. The Hall–Kier alpha value is -2.07. The summed E-state index contributed by atoms with van der Waals surface area (Å²) in [6.45, 7) is 2.02. The van der Waals surface area contributed by atoms with E-state index in [2.05, 4.69) is 22.1 Å². The number of hydrogen-bond acceptors (Lipinski definition) is 4. The van der Waals surface area contributed by atoms with Crippen molar-refractivity contribution in [3.63, 3.8) is 0 Å². The van der Waals surface area contributed by atoms with Crippen LogP contribution in [-0.2, 0) is 5.75 Å². The van der Waals surface area contributed by atoms with E-state index in [1.807, 2.05) is 37.3 Å². The van der Waals surface area contributed by atoms with Crippen LogP contribution in [-0.4, -0.2) is 9.97 Å². The number of benzene rings is 1. The first-order chi connectivity index (χ1) is 9.74. The molecule has 1 aromatic carbocycles. The molecule has 0 aliphatic rings. The molecule has 3 aromatic rings. The van der Waals surface area contributed by atoms with Gasteiger partial charge in [0.25, 0.3) is 0 Å². The molecule has 0 spiro atoms. The lowest BCUT2D eigenvalue weighted by Crippen LogP contribution is -1.93. The molecule has 20 heavy (non-hydrogen) atoms. The average Bonchev–Trinajstić information content (AvgIpc) is 2.46. The van der Waals surface area contributed by atoms with E-state index in [1.54, 1.807) is 18.0 Å². The molecule has 2 N–H and O–H groups in total. The monoisotopic (exact) mass is 281 g/mol. The number of nitrogens with two attached hydrogens (primary N) is 1. The number of fused-ring (bicyclic) bond motifs is 1. The second kappa shape index (κ2) is 5.51. The van der Waals surface area contributed by atoms with Gasteiger partial charge in [0, 0.05) is 23.0 Å². The Bertz CT molecular complexity index is 756. The first kappa shape index (κ1) is 12.9. The summed E-state index contributed by atoms with van der Waals surface area (Å²) in [7, 11) is 0. The van der Waals surface area contributed by atoms with Crippen LogP contribution in [0.25, 0.3) is 10.9 Å². The lowest BCUT2D eigenvalue weighted by atomic mass is 10.1. The third kappa shape index (κ3) is 2.60. The molecule has 0 fully saturated rings. The van der Waals surface area contributed by atoms with Crippen molar-refractivity contribution >= 4 is 28.4 Å². The lowest BCUT2D eigenvalue weighted by molar-refractivity contribution is 1.14. The largest absolute Gasteiger partial charge is 0.397 e. The summed E-state index contributed by atoms with van der Waals surface area (Å²) in [6.07, 6.45) is 1.77. The van der Waals surface area contributed by atoms with Crippen LogP contribution in [0.2, 0.25) is 0 Å². The number of para-hydroxylation sites is 1. The number of nitrogens with zero attached hydrogens (tertiary/aromatic N) is 2. The molecule has 2 aromatic heterocycles. The van der Waals surface area contributed by atoms with Crippen molar-refractivity contribution in [3.8, 4) is 0 Å². The van der Waals surface area contributed by atoms with Crippen molar-refractivity contribution in [1.29, 1.82) is 0 Å². The normalized spacial score (nSPS) is 10.8. The molecule has 3 nitrogen and oxygen atoms in total. The fourth-order valence-corrected chi connectivity index (χ4v) is 3.09. The maximum Gasteiger partial charge on any atom is 0.119 e. The molecule has 4 heteroatoms. The zero-order chi connectivity index (χ0) is 13.9. The Morgan fingerprint density at radius 2 is 2.00 bits per heavy atom. The van der Waals surface area contributed by atoms with E-state index in [0.717, 1.165) is 27.7 Å². The van der Waals surface area contributed by atoms with Gasteiger partial charge >= 0.3 is 0 Å². The Kier molecular flexibility index (Phi) is 3.56. The zero-order valence-electron chi connectivity index (χ0n) is 11.2. The maximum atomic E-state index is 5.93. The molecule has 0 unspecified atom stereocenters. The van der Waals surface area contributed by atoms with Crippen molar-refractivity contribution in [2.75, 3.05) is 5.73 Å². The van der Waals surface area contributed by atoms with Crippen LogP contribution in [0.1, 0.15) is 11.3 Å². The number of thioether (sulfide) groups is 1. The van der Waals surface area contributed by atoms with E-state index >= 15 is 0 Å². The molecule has 2 heterocycles. The zero-order valence-corrected chi connectivity index (χ0v) is 12.0. The summed E-state index contributed by atoms with van der Waals surface area (Å²) in [5, 5.41) is 2.08. The topological polar surface area (TPSA) is 51.8 Å².